The highest BCUT2D eigenvalue weighted by Gasteiger charge is 2.34. The van der Waals surface area contributed by atoms with Gasteiger partial charge in [-0.15, -0.1) is 11.8 Å². The second-order valence-electron chi connectivity index (χ2n) is 4.53. The molecule has 6 heteroatoms. The number of thioether (sulfide) groups is 1. The maximum absolute atomic E-state index is 6.07. The first-order valence-corrected chi connectivity index (χ1v) is 9.20. The molecule has 0 aromatic heterocycles. The first-order chi connectivity index (χ1) is 9.06. The number of halogens is 3. The van der Waals surface area contributed by atoms with Crippen molar-refractivity contribution < 1.29 is 0 Å². The molecule has 1 atom stereocenters. The van der Waals surface area contributed by atoms with Gasteiger partial charge >= 0.3 is 0 Å². The second kappa shape index (κ2) is 5.68. The molecule has 0 spiro atoms. The van der Waals surface area contributed by atoms with Crippen LogP contribution in [0.3, 0.4) is 0 Å². The van der Waals surface area contributed by atoms with E-state index >= 15 is 0 Å². The van der Waals surface area contributed by atoms with Crippen LogP contribution in [0, 0.1) is 0 Å². The molecule has 1 fully saturated rings. The van der Waals surface area contributed by atoms with Crippen molar-refractivity contribution in [3.8, 4) is 0 Å². The van der Waals surface area contributed by atoms with Gasteiger partial charge in [-0.3, -0.25) is 0 Å². The van der Waals surface area contributed by atoms with E-state index in [9.17, 15) is 0 Å². The van der Waals surface area contributed by atoms with Crippen LogP contribution in [0.1, 0.15) is 12.8 Å². The van der Waals surface area contributed by atoms with Gasteiger partial charge in [-0.1, -0.05) is 23.8 Å². The summed E-state index contributed by atoms with van der Waals surface area (Å²) in [6.45, 7) is 0. The lowest BCUT2D eigenvalue weighted by molar-refractivity contribution is 0.690. The molecule has 0 saturated carbocycles. The Labute approximate surface area is 144 Å². The van der Waals surface area contributed by atoms with Crippen LogP contribution in [-0.4, -0.2) is 16.8 Å². The van der Waals surface area contributed by atoms with Gasteiger partial charge in [-0.2, -0.15) is 0 Å². The average Bonchev–Trinajstić information content (AvgIpc) is 2.71. The van der Waals surface area contributed by atoms with Crippen molar-refractivity contribution >= 4 is 78.0 Å². The van der Waals surface area contributed by atoms with E-state index in [1.807, 2.05) is 23.9 Å². The molecule has 0 amide bonds. The molecule has 0 N–H and O–H groups in total. The third-order valence-corrected chi connectivity index (χ3v) is 6.19. The zero-order chi connectivity index (χ0) is 13.6. The molecule has 1 unspecified atom stereocenters. The quantitative estimate of drug-likeness (QED) is 0.510. The molecule has 0 radical (unpaired) electrons. The number of hydrogen-bond donors (Lipinski definition) is 0. The number of hydrogen-bond acceptors (Lipinski definition) is 3. The summed E-state index contributed by atoms with van der Waals surface area (Å²) in [6, 6.07) is 4.34. The molecule has 3 rings (SSSR count). The van der Waals surface area contributed by atoms with Crippen LogP contribution in [0.5, 0.6) is 0 Å². The smallest absolute Gasteiger partial charge is 0.0690 e. The second-order valence-corrected chi connectivity index (χ2v) is 8.22. The fourth-order valence-electron chi connectivity index (χ4n) is 2.46. The molecule has 1 heterocycles. The van der Waals surface area contributed by atoms with Gasteiger partial charge in [0.05, 0.1) is 17.6 Å². The first-order valence-electron chi connectivity index (χ1n) is 5.84. The van der Waals surface area contributed by atoms with Crippen LogP contribution < -0.4 is 4.90 Å². The van der Waals surface area contributed by atoms with Crippen molar-refractivity contribution in [2.45, 2.75) is 18.9 Å². The molecule has 1 aromatic rings. The summed E-state index contributed by atoms with van der Waals surface area (Å²) >= 11 is 20.5. The highest BCUT2D eigenvalue weighted by Crippen LogP contribution is 2.46. The summed E-state index contributed by atoms with van der Waals surface area (Å²) in [6.07, 6.45) is 4.27. The predicted molar refractivity (Wildman–Crippen MR) is 95.5 cm³/mol. The van der Waals surface area contributed by atoms with Crippen LogP contribution in [0.4, 0.5) is 5.69 Å². The van der Waals surface area contributed by atoms with Crippen molar-refractivity contribution in [2.75, 3.05) is 10.8 Å². The van der Waals surface area contributed by atoms with E-state index in [-0.39, 0.29) is 0 Å². The van der Waals surface area contributed by atoms with Crippen molar-refractivity contribution in [1.82, 2.24) is 0 Å². The predicted octanol–water partition coefficient (Wildman–Crippen LogP) is 5.79. The lowest BCUT2D eigenvalue weighted by atomic mass is 10.0. The van der Waals surface area contributed by atoms with Crippen LogP contribution in [0.15, 0.2) is 32.1 Å². The standard InChI is InChI=1S/C13H10Br2ClNS2/c14-9-3-7(16)4-10(15)13(9)17-6-19-12-5-8(18)1-2-11(12)17/h3-5,11H,1-2,6H2. The molecule has 2 aliphatic rings. The van der Waals surface area contributed by atoms with Crippen LogP contribution >= 0.6 is 67.4 Å². The maximum atomic E-state index is 6.07. The van der Waals surface area contributed by atoms with Gasteiger partial charge in [-0.05, 0) is 62.9 Å². The van der Waals surface area contributed by atoms with E-state index in [1.165, 1.54) is 10.6 Å². The van der Waals surface area contributed by atoms with Crippen molar-refractivity contribution in [2.24, 2.45) is 0 Å². The zero-order valence-corrected chi connectivity index (χ0v) is 15.4. The number of thiocarbonyl (C=S) groups is 1. The Balaban J connectivity index is 2.01. The van der Waals surface area contributed by atoms with E-state index in [2.05, 4.69) is 42.8 Å². The van der Waals surface area contributed by atoms with Gasteiger partial charge < -0.3 is 4.90 Å². The Morgan fingerprint density at radius 3 is 2.68 bits per heavy atom. The van der Waals surface area contributed by atoms with E-state index in [4.69, 9.17) is 23.8 Å². The first kappa shape index (κ1) is 14.4. The van der Waals surface area contributed by atoms with Crippen molar-refractivity contribution in [3.63, 3.8) is 0 Å². The SMILES string of the molecule is S=C1C=C2SCN(c3c(Br)cc(Cl)cc3Br)C2CC1. The number of allylic oxidation sites excluding steroid dienone is 1. The Hall–Kier alpha value is 0.450. The Kier molecular flexibility index (Phi) is 4.30. The number of rotatable bonds is 1. The minimum absolute atomic E-state index is 0.450. The van der Waals surface area contributed by atoms with Crippen LogP contribution in [0.2, 0.25) is 5.02 Å². The lowest BCUT2D eigenvalue weighted by Gasteiger charge is -2.30. The van der Waals surface area contributed by atoms with Gasteiger partial charge in [0, 0.05) is 23.7 Å². The van der Waals surface area contributed by atoms with Gasteiger partial charge in [0.2, 0.25) is 0 Å². The monoisotopic (exact) mass is 437 g/mol. The maximum Gasteiger partial charge on any atom is 0.0690 e. The Morgan fingerprint density at radius 2 is 2.00 bits per heavy atom. The zero-order valence-electron chi connectivity index (χ0n) is 9.83. The molecule has 1 aliphatic carbocycles. The molecular formula is C13H10Br2ClNS2. The lowest BCUT2D eigenvalue weighted by Crippen LogP contribution is -2.32. The van der Waals surface area contributed by atoms with Gasteiger partial charge in [0.25, 0.3) is 0 Å². The number of benzene rings is 1. The largest absolute Gasteiger partial charge is 0.353 e. The number of anilines is 1. The van der Waals surface area contributed by atoms with Crippen LogP contribution in [0.25, 0.3) is 0 Å². The average molecular weight is 440 g/mol. The third-order valence-electron chi connectivity index (χ3n) is 3.31. The Morgan fingerprint density at radius 1 is 1.32 bits per heavy atom. The molecule has 1 nitrogen and oxygen atoms in total. The molecule has 100 valence electrons. The van der Waals surface area contributed by atoms with E-state index in [1.54, 1.807) is 0 Å². The van der Waals surface area contributed by atoms with Gasteiger partial charge in [-0.25, -0.2) is 0 Å². The molecule has 19 heavy (non-hydrogen) atoms. The highest BCUT2D eigenvalue weighted by molar-refractivity contribution is 9.11. The summed E-state index contributed by atoms with van der Waals surface area (Å²) in [5, 5.41) is 0.731. The normalized spacial score (nSPS) is 22.5. The van der Waals surface area contributed by atoms with Crippen LogP contribution in [-0.2, 0) is 0 Å². The van der Waals surface area contributed by atoms with Crippen molar-refractivity contribution in [1.29, 1.82) is 0 Å². The van der Waals surface area contributed by atoms with Crippen molar-refractivity contribution in [3.05, 3.63) is 37.1 Å². The van der Waals surface area contributed by atoms with Gasteiger partial charge in [0.1, 0.15) is 0 Å². The molecule has 1 saturated heterocycles. The Bertz CT molecular complexity index is 565. The van der Waals surface area contributed by atoms with Gasteiger partial charge in [0.15, 0.2) is 0 Å². The summed E-state index contributed by atoms with van der Waals surface area (Å²) in [5.41, 5.74) is 1.18. The highest BCUT2D eigenvalue weighted by atomic mass is 79.9. The minimum atomic E-state index is 0.450. The summed E-state index contributed by atoms with van der Waals surface area (Å²) in [5.74, 6) is 0.956. The minimum Gasteiger partial charge on any atom is -0.353 e. The third kappa shape index (κ3) is 2.77. The molecule has 0 bridgehead atoms. The number of fused-ring (bicyclic) bond motifs is 1. The summed E-state index contributed by atoms with van der Waals surface area (Å²) in [4.78, 5) is 4.89. The molecular weight excluding hydrogens is 430 g/mol. The number of nitrogens with zero attached hydrogens (tertiary/aromatic N) is 1. The molecule has 1 aliphatic heterocycles. The fraction of sp³-hybridized carbons (Fsp3) is 0.308. The van der Waals surface area contributed by atoms with E-state index in [0.717, 1.165) is 37.6 Å². The summed E-state index contributed by atoms with van der Waals surface area (Å²) in [7, 11) is 0. The fourth-order valence-corrected chi connectivity index (χ4v) is 6.16. The topological polar surface area (TPSA) is 3.24 Å². The molecule has 1 aromatic carbocycles. The van der Waals surface area contributed by atoms with E-state index in [0.29, 0.717) is 6.04 Å². The summed E-state index contributed by atoms with van der Waals surface area (Å²) < 4.78 is 2.06. The van der Waals surface area contributed by atoms with E-state index < -0.39 is 0 Å².